The van der Waals surface area contributed by atoms with Crippen LogP contribution in [0.5, 0.6) is 5.88 Å². The predicted octanol–water partition coefficient (Wildman–Crippen LogP) is 3.50. The molecule has 1 saturated heterocycles. The normalized spacial score (nSPS) is 16.2. The van der Waals surface area contributed by atoms with E-state index in [9.17, 15) is 23.5 Å². The lowest BCUT2D eigenvalue weighted by atomic mass is 10.0. The first-order valence-electron chi connectivity index (χ1n) is 11.3. The van der Waals surface area contributed by atoms with Crippen LogP contribution in [0, 0.1) is 11.6 Å². The van der Waals surface area contributed by atoms with Crippen LogP contribution >= 0.6 is 23.1 Å². The van der Waals surface area contributed by atoms with Crippen molar-refractivity contribution in [3.63, 3.8) is 0 Å². The number of aliphatic hydroxyl groups excluding tert-OH is 1. The highest BCUT2D eigenvalue weighted by Gasteiger charge is 2.23. The van der Waals surface area contributed by atoms with Gasteiger partial charge < -0.3 is 20.9 Å². The molecule has 1 unspecified atom stereocenters. The first-order valence-corrected chi connectivity index (χ1v) is 12.4. The summed E-state index contributed by atoms with van der Waals surface area (Å²) in [6, 6.07) is 1.54. The fraction of sp³-hybridized carbons (Fsp3) is 0.500. The summed E-state index contributed by atoms with van der Waals surface area (Å²) < 4.78 is 37.2. The maximum absolute atomic E-state index is 14.0. The monoisotopic (exact) mass is 531 g/mol. The zero-order valence-corrected chi connectivity index (χ0v) is 20.6. The summed E-state index contributed by atoms with van der Waals surface area (Å²) in [7, 11) is 0. The van der Waals surface area contributed by atoms with E-state index in [1.54, 1.807) is 0 Å². The number of benzene rings is 1. The largest absolute Gasteiger partial charge is 0.471 e. The molecule has 3 rings (SSSR count). The molecular formula is C22H28ClF2N5O4S. The number of halogens is 3. The first kappa shape index (κ1) is 27.1. The van der Waals surface area contributed by atoms with Crippen molar-refractivity contribution in [3.05, 3.63) is 39.9 Å². The quantitative estimate of drug-likeness (QED) is 0.328. The number of aliphatic hydroxyl groups is 1. The molecule has 2 heterocycles. The number of hydrogen-bond donors (Lipinski definition) is 4. The number of nitrogens with two attached hydrogens (primary N) is 1. The SMILES string of the molecule is NC(=O)c1c(OCc2c(F)cc(Cl)cc2F)nsc1NC(=O)NCCCCN1CCCCC1CO. The van der Waals surface area contributed by atoms with Crippen molar-refractivity contribution in [2.75, 3.05) is 31.6 Å². The molecule has 5 N–H and O–H groups in total. The Morgan fingerprint density at radius 3 is 2.71 bits per heavy atom. The van der Waals surface area contributed by atoms with Gasteiger partial charge in [0.15, 0.2) is 0 Å². The number of anilines is 1. The van der Waals surface area contributed by atoms with Crippen LogP contribution in [0.3, 0.4) is 0 Å². The van der Waals surface area contributed by atoms with Crippen LogP contribution in [-0.2, 0) is 6.61 Å². The van der Waals surface area contributed by atoms with Crippen LogP contribution in [0.1, 0.15) is 48.0 Å². The highest BCUT2D eigenvalue weighted by molar-refractivity contribution is 7.11. The Morgan fingerprint density at radius 1 is 1.29 bits per heavy atom. The van der Waals surface area contributed by atoms with Gasteiger partial charge in [0, 0.05) is 17.6 Å². The fourth-order valence-corrected chi connectivity index (χ4v) is 4.80. The smallest absolute Gasteiger partial charge is 0.319 e. The zero-order chi connectivity index (χ0) is 25.4. The van der Waals surface area contributed by atoms with Crippen LogP contribution in [0.25, 0.3) is 0 Å². The minimum Gasteiger partial charge on any atom is -0.471 e. The van der Waals surface area contributed by atoms with Crippen LogP contribution in [0.2, 0.25) is 5.02 Å². The van der Waals surface area contributed by atoms with E-state index in [1.807, 2.05) is 0 Å². The number of nitrogens with zero attached hydrogens (tertiary/aromatic N) is 2. The third-order valence-corrected chi connectivity index (χ3v) is 6.67. The minimum absolute atomic E-state index is 0.0566. The lowest BCUT2D eigenvalue weighted by Crippen LogP contribution is -2.42. The maximum atomic E-state index is 14.0. The van der Waals surface area contributed by atoms with Gasteiger partial charge in [0.25, 0.3) is 5.91 Å². The van der Waals surface area contributed by atoms with Gasteiger partial charge in [-0.05, 0) is 62.4 Å². The summed E-state index contributed by atoms with van der Waals surface area (Å²) in [5, 5.41) is 14.6. The number of carbonyl (C=O) groups excluding carboxylic acids is 2. The molecule has 0 radical (unpaired) electrons. The Kier molecular flexibility index (Phi) is 10.0. The van der Waals surface area contributed by atoms with Crippen LogP contribution in [0.15, 0.2) is 12.1 Å². The molecule has 0 saturated carbocycles. The summed E-state index contributed by atoms with van der Waals surface area (Å²) >= 11 is 6.37. The Bertz CT molecular complexity index is 1020. The Morgan fingerprint density at radius 2 is 2.03 bits per heavy atom. The molecule has 0 spiro atoms. The topological polar surface area (TPSA) is 130 Å². The number of rotatable bonds is 11. The van der Waals surface area contributed by atoms with Gasteiger partial charge in [-0.15, -0.1) is 0 Å². The average Bonchev–Trinajstić information content (AvgIpc) is 3.20. The van der Waals surface area contributed by atoms with E-state index in [0.717, 1.165) is 68.9 Å². The number of nitrogens with one attached hydrogen (secondary N) is 2. The van der Waals surface area contributed by atoms with Crippen molar-refractivity contribution in [1.82, 2.24) is 14.6 Å². The summed E-state index contributed by atoms with van der Waals surface area (Å²) in [4.78, 5) is 26.5. The first-order chi connectivity index (χ1) is 16.8. The van der Waals surface area contributed by atoms with Crippen LogP contribution in [0.4, 0.5) is 18.6 Å². The maximum Gasteiger partial charge on any atom is 0.319 e. The van der Waals surface area contributed by atoms with Crippen molar-refractivity contribution >= 4 is 40.1 Å². The fourth-order valence-electron chi connectivity index (χ4n) is 3.88. The second kappa shape index (κ2) is 13.0. The van der Waals surface area contributed by atoms with Gasteiger partial charge >= 0.3 is 6.03 Å². The predicted molar refractivity (Wildman–Crippen MR) is 129 cm³/mol. The van der Waals surface area contributed by atoms with E-state index < -0.39 is 30.2 Å². The number of aromatic nitrogens is 1. The van der Waals surface area contributed by atoms with Gasteiger partial charge in [-0.1, -0.05) is 18.0 Å². The highest BCUT2D eigenvalue weighted by Crippen LogP contribution is 2.31. The number of likely N-dealkylation sites (tertiary alicyclic amines) is 1. The molecular weight excluding hydrogens is 504 g/mol. The molecule has 1 aliphatic heterocycles. The molecule has 1 aromatic heterocycles. The zero-order valence-electron chi connectivity index (χ0n) is 19.0. The van der Waals surface area contributed by atoms with Crippen molar-refractivity contribution in [1.29, 1.82) is 0 Å². The lowest BCUT2D eigenvalue weighted by molar-refractivity contribution is 0.0888. The molecule has 9 nitrogen and oxygen atoms in total. The number of carbonyl (C=O) groups is 2. The summed E-state index contributed by atoms with van der Waals surface area (Å²) in [6.45, 7) is 1.84. The van der Waals surface area contributed by atoms with E-state index >= 15 is 0 Å². The Balaban J connectivity index is 1.49. The summed E-state index contributed by atoms with van der Waals surface area (Å²) in [5.74, 6) is -2.97. The molecule has 1 aromatic carbocycles. The van der Waals surface area contributed by atoms with Gasteiger partial charge in [-0.2, -0.15) is 4.37 Å². The minimum atomic E-state index is -0.916. The van der Waals surface area contributed by atoms with Gasteiger partial charge in [-0.25, -0.2) is 13.6 Å². The van der Waals surface area contributed by atoms with Gasteiger partial charge in [0.1, 0.15) is 28.8 Å². The van der Waals surface area contributed by atoms with Crippen LogP contribution < -0.4 is 21.1 Å². The van der Waals surface area contributed by atoms with Gasteiger partial charge in [0.2, 0.25) is 5.88 Å². The number of amides is 3. The Labute approximate surface area is 210 Å². The van der Waals surface area contributed by atoms with E-state index in [0.29, 0.717) is 6.54 Å². The molecule has 3 amide bonds. The average molecular weight is 532 g/mol. The van der Waals surface area contributed by atoms with E-state index in [-0.39, 0.29) is 39.7 Å². The molecule has 0 aliphatic carbocycles. The third kappa shape index (κ3) is 7.47. The third-order valence-electron chi connectivity index (χ3n) is 5.71. The number of urea groups is 1. The molecule has 1 atom stereocenters. The summed E-state index contributed by atoms with van der Waals surface area (Å²) in [5.41, 5.74) is 4.82. The molecule has 1 aliphatic rings. The van der Waals surface area contributed by atoms with Gasteiger partial charge in [0.05, 0.1) is 12.2 Å². The number of hydrogen-bond acceptors (Lipinski definition) is 7. The van der Waals surface area contributed by atoms with Crippen molar-refractivity contribution < 1.29 is 28.2 Å². The van der Waals surface area contributed by atoms with E-state index in [2.05, 4.69) is 19.9 Å². The number of piperidine rings is 1. The van der Waals surface area contributed by atoms with Crippen molar-refractivity contribution in [3.8, 4) is 5.88 Å². The van der Waals surface area contributed by atoms with Crippen molar-refractivity contribution in [2.45, 2.75) is 44.8 Å². The van der Waals surface area contributed by atoms with Crippen LogP contribution in [-0.4, -0.2) is 58.6 Å². The van der Waals surface area contributed by atoms with E-state index in [4.69, 9.17) is 22.1 Å². The molecule has 35 heavy (non-hydrogen) atoms. The standard InChI is InChI=1S/C22H28ClF2N5O4S/c23-13-9-16(24)15(17(25)10-13)12-34-20-18(19(26)32)21(35-29-20)28-22(33)27-6-2-4-8-30-7-3-1-5-14(30)11-31/h9-10,14,31H,1-8,11-12H2,(H2,26,32)(H2,27,28,33). The van der Waals surface area contributed by atoms with Crippen molar-refractivity contribution in [2.24, 2.45) is 5.73 Å². The molecule has 1 fully saturated rings. The second-order valence-corrected chi connectivity index (χ2v) is 9.36. The van der Waals surface area contributed by atoms with Gasteiger partial charge in [-0.3, -0.25) is 15.0 Å². The molecule has 2 aromatic rings. The Hall–Kier alpha value is -2.54. The molecule has 0 bridgehead atoms. The number of ether oxygens (including phenoxy) is 1. The molecule has 192 valence electrons. The lowest BCUT2D eigenvalue weighted by Gasteiger charge is -2.34. The highest BCUT2D eigenvalue weighted by atomic mass is 35.5. The summed E-state index contributed by atoms with van der Waals surface area (Å²) in [6.07, 6.45) is 4.86. The molecule has 13 heteroatoms. The second-order valence-electron chi connectivity index (χ2n) is 8.15. The number of unbranched alkanes of at least 4 members (excludes halogenated alkanes) is 1. The van der Waals surface area contributed by atoms with E-state index in [1.165, 1.54) is 0 Å². The number of primary amides is 1.